The summed E-state index contributed by atoms with van der Waals surface area (Å²) < 4.78 is 5.06. The third-order valence-electron chi connectivity index (χ3n) is 4.44. The van der Waals surface area contributed by atoms with Crippen LogP contribution in [0.4, 0.5) is 10.5 Å². The first-order valence-electron chi connectivity index (χ1n) is 8.56. The Morgan fingerprint density at radius 2 is 1.88 bits per heavy atom. The minimum Gasteiger partial charge on any atom is -0.497 e. The summed E-state index contributed by atoms with van der Waals surface area (Å²) in [6.07, 6.45) is 4.95. The van der Waals surface area contributed by atoms with Gasteiger partial charge in [0.25, 0.3) is 0 Å². The van der Waals surface area contributed by atoms with Crippen LogP contribution < -0.4 is 20.7 Å². The van der Waals surface area contributed by atoms with Gasteiger partial charge >= 0.3 is 6.03 Å². The Balaban J connectivity index is 1.65. The van der Waals surface area contributed by atoms with E-state index in [2.05, 4.69) is 22.9 Å². The van der Waals surface area contributed by atoms with Crippen LogP contribution in [0.3, 0.4) is 0 Å². The summed E-state index contributed by atoms with van der Waals surface area (Å²) >= 11 is 0. The van der Waals surface area contributed by atoms with Crippen LogP contribution in [0.5, 0.6) is 5.75 Å². The van der Waals surface area contributed by atoms with Gasteiger partial charge in [0.05, 0.1) is 7.11 Å². The van der Waals surface area contributed by atoms with Crippen LogP contribution in [-0.4, -0.2) is 31.6 Å². The fourth-order valence-electron chi connectivity index (χ4n) is 2.95. The lowest BCUT2D eigenvalue weighted by atomic mass is 9.86. The van der Waals surface area contributed by atoms with Crippen LogP contribution in [0.15, 0.2) is 24.3 Å². The van der Waals surface area contributed by atoms with Crippen LogP contribution >= 0.6 is 0 Å². The van der Waals surface area contributed by atoms with Crippen LogP contribution in [0.2, 0.25) is 0 Å². The maximum Gasteiger partial charge on any atom is 0.319 e. The highest BCUT2D eigenvalue weighted by atomic mass is 16.5. The van der Waals surface area contributed by atoms with Crippen molar-refractivity contribution in [1.29, 1.82) is 0 Å². The molecule has 1 aliphatic carbocycles. The van der Waals surface area contributed by atoms with Gasteiger partial charge < -0.3 is 20.7 Å². The van der Waals surface area contributed by atoms with Crippen molar-refractivity contribution in [2.45, 2.75) is 45.1 Å². The van der Waals surface area contributed by atoms with Crippen LogP contribution in [0, 0.1) is 5.92 Å². The molecule has 0 saturated heterocycles. The van der Waals surface area contributed by atoms with E-state index in [-0.39, 0.29) is 18.0 Å². The van der Waals surface area contributed by atoms with Crippen molar-refractivity contribution in [1.82, 2.24) is 10.6 Å². The van der Waals surface area contributed by atoms with Gasteiger partial charge in [0.15, 0.2) is 0 Å². The van der Waals surface area contributed by atoms with Gasteiger partial charge in [-0.15, -0.1) is 0 Å². The van der Waals surface area contributed by atoms with E-state index in [1.165, 1.54) is 19.3 Å². The van der Waals surface area contributed by atoms with E-state index < -0.39 is 0 Å². The van der Waals surface area contributed by atoms with Crippen molar-refractivity contribution in [2.75, 3.05) is 19.0 Å². The van der Waals surface area contributed by atoms with Crippen LogP contribution in [0.25, 0.3) is 0 Å². The maximum absolute atomic E-state index is 12.0. The molecular weight excluding hydrogens is 306 g/mol. The minimum absolute atomic E-state index is 0.00139. The van der Waals surface area contributed by atoms with Gasteiger partial charge in [0.1, 0.15) is 5.75 Å². The smallest absolute Gasteiger partial charge is 0.319 e. The lowest BCUT2D eigenvalue weighted by molar-refractivity contribution is -0.122. The van der Waals surface area contributed by atoms with Crippen molar-refractivity contribution in [3.05, 3.63) is 24.3 Å². The first-order chi connectivity index (χ1) is 11.6. The minimum atomic E-state index is -0.320. The summed E-state index contributed by atoms with van der Waals surface area (Å²) in [5.41, 5.74) is 0.675. The summed E-state index contributed by atoms with van der Waals surface area (Å²) in [6, 6.07) is 7.02. The number of amides is 3. The highest BCUT2D eigenvalue weighted by Crippen LogP contribution is 2.23. The standard InChI is InChI=1S/C18H27N3O3/c1-13-5-3-4-6-16(13)21-17(22)11-12-19-18(23)20-14-7-9-15(24-2)10-8-14/h7-10,13,16H,3-6,11-12H2,1-2H3,(H,21,22)(H2,19,20,23)/t13-,16-/m1/s1. The molecule has 132 valence electrons. The molecule has 24 heavy (non-hydrogen) atoms. The number of benzene rings is 1. The zero-order valence-electron chi connectivity index (χ0n) is 14.4. The quantitative estimate of drug-likeness (QED) is 0.749. The Hall–Kier alpha value is -2.24. The summed E-state index contributed by atoms with van der Waals surface area (Å²) in [5, 5.41) is 8.50. The number of anilines is 1. The number of ether oxygens (including phenoxy) is 1. The van der Waals surface area contributed by atoms with Gasteiger partial charge in [-0.3, -0.25) is 4.79 Å². The van der Waals surface area contributed by atoms with Gasteiger partial charge in [-0.2, -0.15) is 0 Å². The third kappa shape index (κ3) is 5.76. The Morgan fingerprint density at radius 1 is 1.17 bits per heavy atom. The average Bonchev–Trinajstić information content (AvgIpc) is 2.57. The molecule has 3 N–H and O–H groups in total. The largest absolute Gasteiger partial charge is 0.497 e. The molecule has 1 saturated carbocycles. The molecule has 2 atom stereocenters. The molecule has 0 radical (unpaired) electrons. The number of methoxy groups -OCH3 is 1. The van der Waals surface area contributed by atoms with Gasteiger partial charge in [0.2, 0.25) is 5.91 Å². The van der Waals surface area contributed by atoms with Crippen molar-refractivity contribution in [3.8, 4) is 5.75 Å². The molecule has 0 bridgehead atoms. The second-order valence-corrected chi connectivity index (χ2v) is 6.30. The molecular formula is C18H27N3O3. The average molecular weight is 333 g/mol. The molecule has 0 unspecified atom stereocenters. The predicted octanol–water partition coefficient (Wildman–Crippen LogP) is 2.90. The summed E-state index contributed by atoms with van der Waals surface area (Å²) in [7, 11) is 1.59. The van der Waals surface area contributed by atoms with E-state index in [1.807, 2.05) is 0 Å². The molecule has 0 spiro atoms. The zero-order chi connectivity index (χ0) is 17.4. The van der Waals surface area contributed by atoms with E-state index in [0.29, 0.717) is 24.6 Å². The molecule has 6 heteroatoms. The first-order valence-corrected chi connectivity index (χ1v) is 8.56. The second kappa shape index (κ2) is 9.15. The van der Waals surface area contributed by atoms with Crippen molar-refractivity contribution in [2.24, 2.45) is 5.92 Å². The van der Waals surface area contributed by atoms with E-state index in [4.69, 9.17) is 4.74 Å². The summed E-state index contributed by atoms with van der Waals surface area (Å²) in [4.78, 5) is 23.8. The first kappa shape index (κ1) is 18.1. The molecule has 6 nitrogen and oxygen atoms in total. The SMILES string of the molecule is COc1ccc(NC(=O)NCCC(=O)N[C@@H]2CCCC[C@H]2C)cc1. The zero-order valence-corrected chi connectivity index (χ0v) is 14.4. The van der Waals surface area contributed by atoms with Gasteiger partial charge in [-0.25, -0.2) is 4.79 Å². The van der Waals surface area contributed by atoms with Crippen LogP contribution in [-0.2, 0) is 4.79 Å². The van der Waals surface area contributed by atoms with Gasteiger partial charge in [-0.1, -0.05) is 19.8 Å². The van der Waals surface area contributed by atoms with E-state index in [0.717, 1.165) is 12.2 Å². The lowest BCUT2D eigenvalue weighted by Crippen LogP contribution is -2.42. The molecule has 1 aliphatic rings. The van der Waals surface area contributed by atoms with Gasteiger partial charge in [-0.05, 0) is 43.0 Å². The number of carbonyl (C=O) groups is 2. The highest BCUT2D eigenvalue weighted by molar-refractivity contribution is 5.89. The lowest BCUT2D eigenvalue weighted by Gasteiger charge is -2.29. The van der Waals surface area contributed by atoms with Gasteiger partial charge in [0, 0.05) is 24.7 Å². The van der Waals surface area contributed by atoms with Crippen molar-refractivity contribution < 1.29 is 14.3 Å². The predicted molar refractivity (Wildman–Crippen MR) is 94.2 cm³/mol. The second-order valence-electron chi connectivity index (χ2n) is 6.30. The fourth-order valence-corrected chi connectivity index (χ4v) is 2.95. The monoisotopic (exact) mass is 333 g/mol. The Labute approximate surface area is 143 Å². The van der Waals surface area contributed by atoms with Crippen molar-refractivity contribution >= 4 is 17.6 Å². The van der Waals surface area contributed by atoms with Crippen molar-refractivity contribution in [3.63, 3.8) is 0 Å². The summed E-state index contributed by atoms with van der Waals surface area (Å²) in [5.74, 6) is 1.27. The third-order valence-corrected chi connectivity index (χ3v) is 4.44. The number of hydrogen-bond acceptors (Lipinski definition) is 3. The topological polar surface area (TPSA) is 79.5 Å². The van der Waals surface area contributed by atoms with E-state index in [9.17, 15) is 9.59 Å². The summed E-state index contributed by atoms with van der Waals surface area (Å²) in [6.45, 7) is 2.50. The Morgan fingerprint density at radius 3 is 2.54 bits per heavy atom. The molecule has 0 aliphatic heterocycles. The fraction of sp³-hybridized carbons (Fsp3) is 0.556. The number of carbonyl (C=O) groups excluding carboxylic acids is 2. The number of nitrogens with one attached hydrogen (secondary N) is 3. The van der Waals surface area contributed by atoms with E-state index >= 15 is 0 Å². The highest BCUT2D eigenvalue weighted by Gasteiger charge is 2.22. The maximum atomic E-state index is 12.0. The number of urea groups is 1. The molecule has 0 aromatic heterocycles. The molecule has 2 rings (SSSR count). The Bertz CT molecular complexity index is 545. The molecule has 0 heterocycles. The molecule has 1 aromatic rings. The van der Waals surface area contributed by atoms with Crippen LogP contribution in [0.1, 0.15) is 39.0 Å². The molecule has 1 aromatic carbocycles. The normalized spacial score (nSPS) is 20.1. The Kier molecular flexibility index (Phi) is 6.90. The van der Waals surface area contributed by atoms with E-state index in [1.54, 1.807) is 31.4 Å². The molecule has 1 fully saturated rings. The number of rotatable bonds is 6. The molecule has 3 amide bonds. The number of hydrogen-bond donors (Lipinski definition) is 3.